The van der Waals surface area contributed by atoms with Crippen LogP contribution in [-0.2, 0) is 30.9 Å². The maximum atomic E-state index is 14.1. The van der Waals surface area contributed by atoms with Crippen LogP contribution in [-0.4, -0.2) is 90.5 Å². The Morgan fingerprint density at radius 2 is 1.51 bits per heavy atom. The zero-order valence-electron chi connectivity index (χ0n) is 41.7. The van der Waals surface area contributed by atoms with Crippen LogP contribution in [0.3, 0.4) is 0 Å². The van der Waals surface area contributed by atoms with Crippen LogP contribution in [0.15, 0.2) is 114 Å². The van der Waals surface area contributed by atoms with Crippen LogP contribution in [0.1, 0.15) is 119 Å². The molecule has 4 heterocycles. The third-order valence-corrected chi connectivity index (χ3v) is 18.5. The SMILES string of the molecule is CC(C)(C)OC(=O)N(CCCCCC(=O)c1cccc(C(O)(C(=O)O[C@H]2CN3CCC2CC3)c2ccccc2)c1)C[C@H](O[Si](C)(C)C(C)(C)C)c1ccc(OCc2ccccc2)c2[nH]c(=O)ccc12. The monoisotopic (exact) mass is 957 g/mol. The number of Topliss-reactive ketones (excluding diaryl/α,β-unsaturated/α-hetero) is 1. The molecule has 0 aliphatic carbocycles. The average Bonchev–Trinajstić information content (AvgIpc) is 3.32. The average molecular weight is 958 g/mol. The maximum absolute atomic E-state index is 14.1. The van der Waals surface area contributed by atoms with E-state index >= 15 is 0 Å². The predicted octanol–water partition coefficient (Wildman–Crippen LogP) is 10.7. The van der Waals surface area contributed by atoms with Gasteiger partial charge in [0.25, 0.3) is 0 Å². The van der Waals surface area contributed by atoms with Crippen LogP contribution >= 0.6 is 0 Å². The topological polar surface area (TPSA) is 148 Å². The van der Waals surface area contributed by atoms with E-state index in [1.54, 1.807) is 59.5 Å². The molecule has 3 atom stereocenters. The van der Waals surface area contributed by atoms with E-state index in [0.29, 0.717) is 61.4 Å². The van der Waals surface area contributed by atoms with Crippen LogP contribution in [0, 0.1) is 5.92 Å². The number of hydrogen-bond acceptors (Lipinski definition) is 10. The third-order valence-electron chi connectivity index (χ3n) is 14.0. The van der Waals surface area contributed by atoms with E-state index in [9.17, 15) is 24.3 Å². The van der Waals surface area contributed by atoms with Gasteiger partial charge in [0.15, 0.2) is 14.1 Å². The summed E-state index contributed by atoms with van der Waals surface area (Å²) >= 11 is 0. The number of rotatable bonds is 19. The molecule has 3 fully saturated rings. The van der Waals surface area contributed by atoms with Crippen molar-refractivity contribution in [3.05, 3.63) is 147 Å². The molecule has 1 aromatic heterocycles. The largest absolute Gasteiger partial charge is 0.487 e. The van der Waals surface area contributed by atoms with Crippen molar-refractivity contribution in [2.45, 2.75) is 128 Å². The van der Waals surface area contributed by atoms with Crippen molar-refractivity contribution < 1.29 is 38.1 Å². The zero-order valence-corrected chi connectivity index (χ0v) is 42.7. The number of amides is 1. The number of aromatic amines is 1. The number of carbonyl (C=O) groups is 3. The summed E-state index contributed by atoms with van der Waals surface area (Å²) in [5.74, 6) is -0.0694. The minimum absolute atomic E-state index is 0.119. The molecule has 2 bridgehead atoms. The minimum atomic E-state index is -2.48. The van der Waals surface area contributed by atoms with Crippen molar-refractivity contribution in [2.24, 2.45) is 5.92 Å². The third kappa shape index (κ3) is 12.6. The second-order valence-electron chi connectivity index (χ2n) is 21.3. The van der Waals surface area contributed by atoms with Gasteiger partial charge in [0, 0.05) is 42.1 Å². The van der Waals surface area contributed by atoms with E-state index in [2.05, 4.69) is 43.7 Å². The lowest BCUT2D eigenvalue weighted by molar-refractivity contribution is -0.177. The first-order valence-corrected chi connectivity index (χ1v) is 27.5. The van der Waals surface area contributed by atoms with E-state index in [-0.39, 0.29) is 46.9 Å². The van der Waals surface area contributed by atoms with E-state index in [0.717, 1.165) is 42.4 Å². The molecule has 4 aromatic carbocycles. The van der Waals surface area contributed by atoms with Gasteiger partial charge in [-0.1, -0.05) is 112 Å². The standard InChI is InChI=1S/C56H71N3O9Si/c1-54(2,3)67-53(63)59(37-49(68-69(7,8)55(4,5)6)44-26-28-47(51-45(44)27-29-50(61)57-51)65-38-39-19-12-9-13-20-39)32-17-11-16-25-46(60)41-21-18-24-43(35-41)56(64,42-22-14-10-15-23-42)52(62)66-48-36-58-33-30-40(48)31-34-58/h9-10,12-15,18-24,26-29,35,40,48-49,64H,11,16-17,25,30-34,36-38H2,1-8H3,(H,57,61)/t48-,49-,56?/m0/s1. The Morgan fingerprint density at radius 1 is 0.826 bits per heavy atom. The van der Waals surface area contributed by atoms with Gasteiger partial charge in [-0.05, 0) is 118 Å². The number of H-pyrrole nitrogens is 1. The summed E-state index contributed by atoms with van der Waals surface area (Å²) in [6.45, 7) is 19.9. The second-order valence-corrected chi connectivity index (χ2v) is 26.1. The van der Waals surface area contributed by atoms with Crippen molar-refractivity contribution in [1.82, 2.24) is 14.8 Å². The summed E-state index contributed by atoms with van der Waals surface area (Å²) < 4.78 is 25.6. The lowest BCUT2D eigenvalue weighted by atomic mass is 9.83. The number of esters is 1. The molecule has 2 N–H and O–H groups in total. The van der Waals surface area contributed by atoms with Gasteiger partial charge in [-0.3, -0.25) is 14.5 Å². The van der Waals surface area contributed by atoms with E-state index in [4.69, 9.17) is 18.6 Å². The molecule has 12 nitrogen and oxygen atoms in total. The fourth-order valence-electron chi connectivity index (χ4n) is 9.08. The molecule has 1 amide bonds. The first-order valence-electron chi connectivity index (χ1n) is 24.6. The first kappa shape index (κ1) is 51.3. The van der Waals surface area contributed by atoms with Crippen LogP contribution in [0.5, 0.6) is 5.75 Å². The smallest absolute Gasteiger partial charge is 0.410 e. The Hall–Kier alpha value is -5.60. The van der Waals surface area contributed by atoms with Crippen molar-refractivity contribution in [1.29, 1.82) is 0 Å². The van der Waals surface area contributed by atoms with Crippen molar-refractivity contribution in [3.63, 3.8) is 0 Å². The molecule has 13 heteroatoms. The fraction of sp³-hybridized carbons (Fsp3) is 0.464. The summed E-state index contributed by atoms with van der Waals surface area (Å²) in [6, 6.07) is 32.4. The van der Waals surface area contributed by atoms with Crippen molar-refractivity contribution in [2.75, 3.05) is 32.7 Å². The number of aliphatic hydroxyl groups is 1. The molecule has 3 saturated heterocycles. The van der Waals surface area contributed by atoms with Crippen molar-refractivity contribution >= 4 is 37.1 Å². The summed E-state index contributed by atoms with van der Waals surface area (Å²) in [7, 11) is -2.48. The van der Waals surface area contributed by atoms with Gasteiger partial charge in [0.1, 0.15) is 24.1 Å². The molecule has 0 saturated carbocycles. The number of ketones is 1. The molecule has 0 radical (unpaired) electrons. The Morgan fingerprint density at radius 3 is 2.16 bits per heavy atom. The number of nitrogens with one attached hydrogen (secondary N) is 1. The number of fused-ring (bicyclic) bond motifs is 4. The molecule has 1 unspecified atom stereocenters. The maximum Gasteiger partial charge on any atom is 0.410 e. The summed E-state index contributed by atoms with van der Waals surface area (Å²) in [4.78, 5) is 61.9. The predicted molar refractivity (Wildman–Crippen MR) is 272 cm³/mol. The van der Waals surface area contributed by atoms with E-state index < -0.39 is 37.7 Å². The molecule has 368 valence electrons. The van der Waals surface area contributed by atoms with Gasteiger partial charge >= 0.3 is 12.1 Å². The summed E-state index contributed by atoms with van der Waals surface area (Å²) in [5, 5.41) is 12.9. The molecular weight excluding hydrogens is 887 g/mol. The first-order chi connectivity index (χ1) is 32.7. The molecular formula is C56H71N3O9Si. The highest BCUT2D eigenvalue weighted by Gasteiger charge is 2.46. The molecule has 0 spiro atoms. The van der Waals surface area contributed by atoms with Gasteiger partial charge in [0.05, 0.1) is 18.2 Å². The van der Waals surface area contributed by atoms with Gasteiger partial charge in [-0.15, -0.1) is 0 Å². The van der Waals surface area contributed by atoms with Crippen LogP contribution in [0.2, 0.25) is 18.1 Å². The molecule has 3 aliphatic heterocycles. The number of nitrogens with zero attached hydrogens (tertiary/aromatic N) is 2. The fourth-order valence-corrected chi connectivity index (χ4v) is 10.3. The molecule has 69 heavy (non-hydrogen) atoms. The highest BCUT2D eigenvalue weighted by Crippen LogP contribution is 2.42. The van der Waals surface area contributed by atoms with E-state index in [1.165, 1.54) is 6.07 Å². The zero-order chi connectivity index (χ0) is 49.6. The Labute approximate surface area is 408 Å². The number of carbonyl (C=O) groups excluding carboxylic acids is 3. The number of ether oxygens (including phenoxy) is 3. The molecule has 5 aromatic rings. The van der Waals surface area contributed by atoms with Crippen LogP contribution in [0.25, 0.3) is 10.9 Å². The summed E-state index contributed by atoms with van der Waals surface area (Å²) in [5.41, 5.74) is 0.268. The highest BCUT2D eigenvalue weighted by molar-refractivity contribution is 6.74. The van der Waals surface area contributed by atoms with Gasteiger partial charge in [-0.2, -0.15) is 0 Å². The van der Waals surface area contributed by atoms with Gasteiger partial charge in [-0.25, -0.2) is 9.59 Å². The van der Waals surface area contributed by atoms with Crippen molar-refractivity contribution in [3.8, 4) is 5.75 Å². The van der Waals surface area contributed by atoms with Crippen LogP contribution in [0.4, 0.5) is 4.79 Å². The number of piperidine rings is 3. The Balaban J connectivity index is 1.07. The van der Waals surface area contributed by atoms with E-state index in [1.807, 2.05) is 69.3 Å². The lowest BCUT2D eigenvalue weighted by Gasteiger charge is -2.44. The quantitative estimate of drug-likeness (QED) is 0.0355. The number of benzene rings is 4. The molecule has 8 rings (SSSR count). The Kier molecular flexibility index (Phi) is 16.0. The van der Waals surface area contributed by atoms with Gasteiger partial charge < -0.3 is 33.6 Å². The minimum Gasteiger partial charge on any atom is -0.487 e. The Bertz CT molecular complexity index is 2620. The second kappa shape index (κ2) is 21.6. The molecule has 3 aliphatic rings. The lowest BCUT2D eigenvalue weighted by Crippen LogP contribution is -2.53. The van der Waals surface area contributed by atoms with Crippen LogP contribution < -0.4 is 10.3 Å². The van der Waals surface area contributed by atoms with Gasteiger partial charge in [0.2, 0.25) is 11.2 Å². The number of aromatic nitrogens is 1. The number of pyridine rings is 1. The normalized spacial score (nSPS) is 18.5. The number of unbranched alkanes of at least 4 members (excludes halogenated alkanes) is 2. The number of hydrogen-bond donors (Lipinski definition) is 2. The highest BCUT2D eigenvalue weighted by atomic mass is 28.4. The summed E-state index contributed by atoms with van der Waals surface area (Å²) in [6.07, 6.45) is 2.54.